The predicted molar refractivity (Wildman–Crippen MR) is 64.7 cm³/mol. The molecule has 1 amide bonds. The van der Waals surface area contributed by atoms with Crippen molar-refractivity contribution in [3.05, 3.63) is 0 Å². The summed E-state index contributed by atoms with van der Waals surface area (Å²) in [6, 6.07) is -0.384. The molecule has 1 aliphatic heterocycles. The summed E-state index contributed by atoms with van der Waals surface area (Å²) in [7, 11) is 0. The van der Waals surface area contributed by atoms with Crippen LogP contribution < -0.4 is 5.73 Å². The van der Waals surface area contributed by atoms with Crippen LogP contribution in [0.5, 0.6) is 0 Å². The highest BCUT2D eigenvalue weighted by atomic mass is 16.5. The molecule has 0 spiro atoms. The smallest absolute Gasteiger partial charge is 0.313 e. The molecule has 6 nitrogen and oxygen atoms in total. The van der Waals surface area contributed by atoms with Crippen molar-refractivity contribution in [3.8, 4) is 0 Å². The number of Topliss-reactive ketones (excluding diaryl/α,β-unsaturated/α-hetero) is 1. The van der Waals surface area contributed by atoms with E-state index < -0.39 is 11.9 Å². The zero-order chi connectivity index (χ0) is 13.5. The van der Waals surface area contributed by atoms with Gasteiger partial charge in [-0.05, 0) is 26.3 Å². The van der Waals surface area contributed by atoms with E-state index in [9.17, 15) is 14.4 Å². The monoisotopic (exact) mass is 256 g/mol. The molecule has 0 radical (unpaired) electrons. The number of hydrogen-bond acceptors (Lipinski definition) is 5. The van der Waals surface area contributed by atoms with E-state index >= 15 is 0 Å². The van der Waals surface area contributed by atoms with Crippen LogP contribution in [0.2, 0.25) is 0 Å². The quantitative estimate of drug-likeness (QED) is 0.527. The maximum atomic E-state index is 11.7. The number of amides is 1. The number of piperidine rings is 1. The Bertz CT molecular complexity index is 330. The molecular formula is C12H20N2O4. The average Bonchev–Trinajstić information content (AvgIpc) is 2.29. The highest BCUT2D eigenvalue weighted by Gasteiger charge is 2.28. The first-order chi connectivity index (χ1) is 8.54. The topological polar surface area (TPSA) is 89.7 Å². The summed E-state index contributed by atoms with van der Waals surface area (Å²) in [6.07, 6.45) is 2.32. The van der Waals surface area contributed by atoms with Gasteiger partial charge in [0, 0.05) is 0 Å². The number of likely N-dealkylation sites (tertiary alicyclic amines) is 1. The van der Waals surface area contributed by atoms with E-state index in [4.69, 9.17) is 10.5 Å². The second kappa shape index (κ2) is 7.10. The van der Waals surface area contributed by atoms with Gasteiger partial charge in [0.2, 0.25) is 5.91 Å². The van der Waals surface area contributed by atoms with Crippen molar-refractivity contribution in [1.82, 2.24) is 4.90 Å². The Morgan fingerprint density at radius 1 is 1.33 bits per heavy atom. The minimum atomic E-state index is -0.518. The van der Waals surface area contributed by atoms with Gasteiger partial charge in [-0.25, -0.2) is 0 Å². The molecule has 1 heterocycles. The normalized spacial score (nSPS) is 20.4. The maximum Gasteiger partial charge on any atom is 0.313 e. The van der Waals surface area contributed by atoms with Crippen LogP contribution in [0.4, 0.5) is 0 Å². The van der Waals surface area contributed by atoms with E-state index in [2.05, 4.69) is 0 Å². The van der Waals surface area contributed by atoms with Crippen LogP contribution in [0.1, 0.15) is 32.6 Å². The number of ether oxygens (including phenoxy) is 1. The van der Waals surface area contributed by atoms with Crippen molar-refractivity contribution < 1.29 is 19.1 Å². The molecule has 102 valence electrons. The third-order valence-electron chi connectivity index (χ3n) is 2.97. The van der Waals surface area contributed by atoms with Crippen molar-refractivity contribution in [1.29, 1.82) is 0 Å². The molecule has 2 N–H and O–H groups in total. The van der Waals surface area contributed by atoms with Gasteiger partial charge in [-0.15, -0.1) is 0 Å². The number of nitrogens with two attached hydrogens (primary N) is 1. The third-order valence-corrected chi connectivity index (χ3v) is 2.97. The zero-order valence-corrected chi connectivity index (χ0v) is 10.7. The van der Waals surface area contributed by atoms with Crippen molar-refractivity contribution in [2.75, 3.05) is 19.7 Å². The number of esters is 1. The first kappa shape index (κ1) is 14.6. The lowest BCUT2D eigenvalue weighted by Crippen LogP contribution is -2.49. The molecule has 0 aromatic heterocycles. The minimum absolute atomic E-state index is 0.0897. The molecule has 6 heteroatoms. The van der Waals surface area contributed by atoms with E-state index in [1.54, 1.807) is 11.8 Å². The van der Waals surface area contributed by atoms with Gasteiger partial charge in [-0.1, -0.05) is 6.42 Å². The molecule has 1 fully saturated rings. The van der Waals surface area contributed by atoms with Crippen molar-refractivity contribution in [2.24, 2.45) is 5.73 Å². The summed E-state index contributed by atoms with van der Waals surface area (Å²) in [5, 5.41) is 0. The van der Waals surface area contributed by atoms with Crippen LogP contribution in [0, 0.1) is 0 Å². The first-order valence-electron chi connectivity index (χ1n) is 6.25. The highest BCUT2D eigenvalue weighted by Crippen LogP contribution is 2.16. The van der Waals surface area contributed by atoms with E-state index in [0.717, 1.165) is 12.8 Å². The van der Waals surface area contributed by atoms with E-state index in [0.29, 0.717) is 13.0 Å². The SMILES string of the molecule is CCOC(=O)CC(=O)CN1CCCCC1C(N)=O. The Balaban J connectivity index is 2.46. The van der Waals surface area contributed by atoms with Crippen LogP contribution in [0.15, 0.2) is 0 Å². The first-order valence-corrected chi connectivity index (χ1v) is 6.25. The number of nitrogens with zero attached hydrogens (tertiary/aromatic N) is 1. The number of ketones is 1. The Labute approximate surface area is 106 Å². The van der Waals surface area contributed by atoms with E-state index in [-0.39, 0.29) is 31.4 Å². The van der Waals surface area contributed by atoms with Gasteiger partial charge in [-0.2, -0.15) is 0 Å². The van der Waals surface area contributed by atoms with Gasteiger partial charge < -0.3 is 10.5 Å². The van der Waals surface area contributed by atoms with Crippen LogP contribution in [-0.2, 0) is 19.1 Å². The minimum Gasteiger partial charge on any atom is -0.466 e. The van der Waals surface area contributed by atoms with Gasteiger partial charge in [-0.3, -0.25) is 19.3 Å². The summed E-state index contributed by atoms with van der Waals surface area (Å²) < 4.78 is 4.71. The molecule has 1 aliphatic rings. The lowest BCUT2D eigenvalue weighted by Gasteiger charge is -2.32. The lowest BCUT2D eigenvalue weighted by molar-refractivity contribution is -0.145. The number of carbonyl (C=O) groups is 3. The maximum absolute atomic E-state index is 11.7. The fourth-order valence-electron chi connectivity index (χ4n) is 2.16. The van der Waals surface area contributed by atoms with Crippen molar-refractivity contribution in [3.63, 3.8) is 0 Å². The van der Waals surface area contributed by atoms with Gasteiger partial charge in [0.1, 0.15) is 6.42 Å². The Hall–Kier alpha value is -1.43. The molecular weight excluding hydrogens is 236 g/mol. The highest BCUT2D eigenvalue weighted by molar-refractivity contribution is 5.96. The summed E-state index contributed by atoms with van der Waals surface area (Å²) in [4.78, 5) is 35.8. The number of rotatable bonds is 6. The van der Waals surface area contributed by atoms with Gasteiger partial charge in [0.25, 0.3) is 0 Å². The molecule has 1 rings (SSSR count). The number of carbonyl (C=O) groups excluding carboxylic acids is 3. The fourth-order valence-corrected chi connectivity index (χ4v) is 2.16. The van der Waals surface area contributed by atoms with Gasteiger partial charge in [0.15, 0.2) is 5.78 Å². The molecule has 0 aliphatic carbocycles. The van der Waals surface area contributed by atoms with Crippen LogP contribution in [0.25, 0.3) is 0 Å². The molecule has 0 aromatic rings. The van der Waals surface area contributed by atoms with Crippen molar-refractivity contribution in [2.45, 2.75) is 38.6 Å². The predicted octanol–water partition coefficient (Wildman–Crippen LogP) is -0.151. The summed E-state index contributed by atoms with van der Waals surface area (Å²) >= 11 is 0. The van der Waals surface area contributed by atoms with Crippen molar-refractivity contribution >= 4 is 17.7 Å². The zero-order valence-electron chi connectivity index (χ0n) is 10.7. The van der Waals surface area contributed by atoms with Crippen LogP contribution in [-0.4, -0.2) is 48.3 Å². The Morgan fingerprint density at radius 3 is 2.67 bits per heavy atom. The summed E-state index contributed by atoms with van der Waals surface area (Å²) in [6.45, 7) is 2.71. The molecule has 1 saturated heterocycles. The summed E-state index contributed by atoms with van der Waals surface area (Å²) in [5.41, 5.74) is 5.30. The Kier molecular flexibility index (Phi) is 5.77. The largest absolute Gasteiger partial charge is 0.466 e. The molecule has 1 unspecified atom stereocenters. The van der Waals surface area contributed by atoms with Gasteiger partial charge in [0.05, 0.1) is 19.2 Å². The van der Waals surface area contributed by atoms with Gasteiger partial charge >= 0.3 is 5.97 Å². The number of primary amides is 1. The van der Waals surface area contributed by atoms with Crippen LogP contribution >= 0.6 is 0 Å². The molecule has 18 heavy (non-hydrogen) atoms. The van der Waals surface area contributed by atoms with E-state index in [1.807, 2.05) is 0 Å². The Morgan fingerprint density at radius 2 is 2.06 bits per heavy atom. The third kappa shape index (κ3) is 4.44. The number of hydrogen-bond donors (Lipinski definition) is 1. The second-order valence-corrected chi connectivity index (χ2v) is 4.40. The molecule has 0 bridgehead atoms. The second-order valence-electron chi connectivity index (χ2n) is 4.40. The fraction of sp³-hybridized carbons (Fsp3) is 0.750. The molecule has 0 saturated carbocycles. The lowest BCUT2D eigenvalue weighted by atomic mass is 10.0. The van der Waals surface area contributed by atoms with Crippen LogP contribution in [0.3, 0.4) is 0 Å². The average molecular weight is 256 g/mol. The molecule has 0 aromatic carbocycles. The molecule has 1 atom stereocenters. The standard InChI is InChI=1S/C12H20N2O4/c1-2-18-11(16)7-9(15)8-14-6-4-3-5-10(14)12(13)17/h10H,2-8H2,1H3,(H2,13,17). The van der Waals surface area contributed by atoms with E-state index in [1.165, 1.54) is 0 Å². The summed E-state index contributed by atoms with van der Waals surface area (Å²) in [5.74, 6) is -1.16.